The number of allylic oxidation sites excluding steroid dienone is 1. The highest BCUT2D eigenvalue weighted by molar-refractivity contribution is 9.10. The summed E-state index contributed by atoms with van der Waals surface area (Å²) in [4.78, 5) is 12.0. The molecule has 0 saturated heterocycles. The van der Waals surface area contributed by atoms with Gasteiger partial charge >= 0.3 is 0 Å². The van der Waals surface area contributed by atoms with Crippen LogP contribution in [-0.4, -0.2) is 12.6 Å². The Bertz CT molecular complexity index is 723. The van der Waals surface area contributed by atoms with Crippen molar-refractivity contribution in [2.75, 3.05) is 6.79 Å². The average molecular weight is 349 g/mol. The van der Waals surface area contributed by atoms with Crippen molar-refractivity contribution in [2.45, 2.75) is 0 Å². The molecule has 3 nitrogen and oxygen atoms in total. The molecule has 0 N–H and O–H groups in total. The molecule has 0 saturated carbocycles. The van der Waals surface area contributed by atoms with E-state index in [1.165, 1.54) is 30.3 Å². The molecule has 0 amide bonds. The smallest absolute Gasteiger partial charge is 0.231 e. The summed E-state index contributed by atoms with van der Waals surface area (Å²) in [6.07, 6.45) is 3.12. The number of hydrogen-bond acceptors (Lipinski definition) is 3. The number of hydrogen-bond donors (Lipinski definition) is 0. The summed E-state index contributed by atoms with van der Waals surface area (Å²) in [6.45, 7) is 0.198. The largest absolute Gasteiger partial charge is 0.454 e. The Labute approximate surface area is 129 Å². The molecule has 0 radical (unpaired) electrons. The highest BCUT2D eigenvalue weighted by Crippen LogP contribution is 2.37. The highest BCUT2D eigenvalue weighted by Gasteiger charge is 2.15. The van der Waals surface area contributed by atoms with Crippen LogP contribution in [0.4, 0.5) is 4.39 Å². The number of ketones is 1. The Morgan fingerprint density at radius 1 is 1.14 bits per heavy atom. The van der Waals surface area contributed by atoms with Crippen molar-refractivity contribution in [3.63, 3.8) is 0 Å². The quantitative estimate of drug-likeness (QED) is 0.615. The number of ether oxygens (including phenoxy) is 2. The SMILES string of the molecule is O=C(/C=C/c1cc2c(cc1Br)OCO2)c1ccc(F)cc1. The summed E-state index contributed by atoms with van der Waals surface area (Å²) in [5.41, 5.74) is 1.24. The van der Waals surface area contributed by atoms with Crippen LogP contribution in [0.25, 0.3) is 6.08 Å². The maximum Gasteiger partial charge on any atom is 0.231 e. The Morgan fingerprint density at radius 2 is 1.81 bits per heavy atom. The van der Waals surface area contributed by atoms with Gasteiger partial charge in [-0.15, -0.1) is 0 Å². The van der Waals surface area contributed by atoms with Gasteiger partial charge in [0, 0.05) is 10.0 Å². The van der Waals surface area contributed by atoms with Gasteiger partial charge in [0.25, 0.3) is 0 Å². The minimum atomic E-state index is -0.367. The van der Waals surface area contributed by atoms with E-state index < -0.39 is 0 Å². The summed E-state index contributed by atoms with van der Waals surface area (Å²) >= 11 is 3.42. The summed E-state index contributed by atoms with van der Waals surface area (Å²) < 4.78 is 24.2. The average Bonchev–Trinajstić information content (AvgIpc) is 2.92. The lowest BCUT2D eigenvalue weighted by atomic mass is 10.1. The van der Waals surface area contributed by atoms with Gasteiger partial charge in [-0.05, 0) is 54.1 Å². The zero-order valence-corrected chi connectivity index (χ0v) is 12.4. The summed E-state index contributed by atoms with van der Waals surface area (Å²) in [5, 5.41) is 0. The molecule has 1 aliphatic heterocycles. The fourth-order valence-electron chi connectivity index (χ4n) is 1.94. The fraction of sp³-hybridized carbons (Fsp3) is 0.0625. The second-order valence-electron chi connectivity index (χ2n) is 4.43. The van der Waals surface area contributed by atoms with E-state index in [9.17, 15) is 9.18 Å². The van der Waals surface area contributed by atoms with E-state index in [4.69, 9.17) is 9.47 Å². The molecular formula is C16H10BrFO3. The number of halogens is 2. The molecule has 0 fully saturated rings. The van der Waals surface area contributed by atoms with Gasteiger partial charge in [-0.1, -0.05) is 15.9 Å². The summed E-state index contributed by atoms with van der Waals surface area (Å²) in [7, 11) is 0. The van der Waals surface area contributed by atoms with Gasteiger partial charge in [0.1, 0.15) is 5.82 Å². The molecule has 0 spiro atoms. The van der Waals surface area contributed by atoms with Gasteiger partial charge in [0.2, 0.25) is 6.79 Å². The molecule has 3 rings (SSSR count). The minimum absolute atomic E-state index is 0.195. The third-order valence-corrected chi connectivity index (χ3v) is 3.72. The van der Waals surface area contributed by atoms with Crippen molar-refractivity contribution in [3.8, 4) is 11.5 Å². The van der Waals surface area contributed by atoms with Gasteiger partial charge < -0.3 is 9.47 Å². The van der Waals surface area contributed by atoms with Crippen LogP contribution in [0.1, 0.15) is 15.9 Å². The van der Waals surface area contributed by atoms with Crippen LogP contribution in [0.2, 0.25) is 0 Å². The van der Waals surface area contributed by atoms with Gasteiger partial charge in [0.05, 0.1) is 0 Å². The van der Waals surface area contributed by atoms with Gasteiger partial charge in [-0.25, -0.2) is 4.39 Å². The van der Waals surface area contributed by atoms with E-state index >= 15 is 0 Å². The third kappa shape index (κ3) is 2.97. The first-order valence-electron chi connectivity index (χ1n) is 6.20. The fourth-order valence-corrected chi connectivity index (χ4v) is 2.39. The predicted molar refractivity (Wildman–Crippen MR) is 80.0 cm³/mol. The first kappa shape index (κ1) is 13.8. The molecule has 106 valence electrons. The first-order valence-corrected chi connectivity index (χ1v) is 7.00. The van der Waals surface area contributed by atoms with Crippen LogP contribution in [0.15, 0.2) is 46.9 Å². The zero-order valence-electron chi connectivity index (χ0n) is 10.8. The van der Waals surface area contributed by atoms with E-state index in [0.29, 0.717) is 17.1 Å². The molecule has 1 aliphatic rings. The van der Waals surface area contributed by atoms with E-state index in [0.717, 1.165) is 10.0 Å². The molecule has 5 heteroatoms. The Morgan fingerprint density at radius 3 is 2.52 bits per heavy atom. The van der Waals surface area contributed by atoms with Gasteiger partial charge in [-0.2, -0.15) is 0 Å². The molecule has 21 heavy (non-hydrogen) atoms. The van der Waals surface area contributed by atoms with Crippen molar-refractivity contribution in [1.82, 2.24) is 0 Å². The standard InChI is InChI=1S/C16H10BrFO3/c17-13-8-16-15(20-9-21-16)7-11(13)3-6-14(19)10-1-4-12(18)5-2-10/h1-8H,9H2/b6-3+. The zero-order chi connectivity index (χ0) is 14.8. The predicted octanol–water partition coefficient (Wildman–Crippen LogP) is 4.21. The van der Waals surface area contributed by atoms with Crippen molar-refractivity contribution in [1.29, 1.82) is 0 Å². The number of carbonyl (C=O) groups is 1. The number of fused-ring (bicyclic) bond motifs is 1. The van der Waals surface area contributed by atoms with Crippen LogP contribution < -0.4 is 9.47 Å². The van der Waals surface area contributed by atoms with Crippen molar-refractivity contribution >= 4 is 27.8 Å². The number of rotatable bonds is 3. The Hall–Kier alpha value is -2.14. The van der Waals surface area contributed by atoms with E-state index in [-0.39, 0.29) is 18.4 Å². The highest BCUT2D eigenvalue weighted by atomic mass is 79.9. The second-order valence-corrected chi connectivity index (χ2v) is 5.29. The lowest BCUT2D eigenvalue weighted by Gasteiger charge is -2.02. The lowest BCUT2D eigenvalue weighted by Crippen LogP contribution is -1.94. The molecule has 1 heterocycles. The van der Waals surface area contributed by atoms with Crippen LogP contribution in [-0.2, 0) is 0 Å². The maximum absolute atomic E-state index is 12.8. The second kappa shape index (κ2) is 5.69. The molecule has 0 aliphatic carbocycles. The van der Waals surface area contributed by atoms with E-state index in [1.54, 1.807) is 18.2 Å². The minimum Gasteiger partial charge on any atom is -0.454 e. The maximum atomic E-state index is 12.8. The van der Waals surface area contributed by atoms with Gasteiger partial charge in [0.15, 0.2) is 17.3 Å². The Balaban J connectivity index is 1.83. The molecule has 2 aromatic rings. The normalized spacial score (nSPS) is 12.9. The molecular weight excluding hydrogens is 339 g/mol. The van der Waals surface area contributed by atoms with Crippen LogP contribution in [0.3, 0.4) is 0 Å². The van der Waals surface area contributed by atoms with E-state index in [2.05, 4.69) is 15.9 Å². The monoisotopic (exact) mass is 348 g/mol. The Kier molecular flexibility index (Phi) is 3.75. The number of carbonyl (C=O) groups excluding carboxylic acids is 1. The molecule has 0 unspecified atom stereocenters. The van der Waals surface area contributed by atoms with Gasteiger partial charge in [-0.3, -0.25) is 4.79 Å². The lowest BCUT2D eigenvalue weighted by molar-refractivity contribution is 0.104. The van der Waals surface area contributed by atoms with Crippen LogP contribution in [0, 0.1) is 5.82 Å². The summed E-state index contributed by atoms with van der Waals surface area (Å²) in [6, 6.07) is 9.02. The van der Waals surface area contributed by atoms with Crippen molar-refractivity contribution < 1.29 is 18.7 Å². The third-order valence-electron chi connectivity index (χ3n) is 3.03. The molecule has 0 aromatic heterocycles. The number of benzene rings is 2. The molecule has 2 aromatic carbocycles. The first-order chi connectivity index (χ1) is 10.1. The topological polar surface area (TPSA) is 35.5 Å². The van der Waals surface area contributed by atoms with E-state index in [1.807, 2.05) is 0 Å². The van der Waals surface area contributed by atoms with Crippen LogP contribution in [0.5, 0.6) is 11.5 Å². The summed E-state index contributed by atoms with van der Waals surface area (Å²) in [5.74, 6) is 0.754. The molecule has 0 atom stereocenters. The van der Waals surface area contributed by atoms with Crippen LogP contribution >= 0.6 is 15.9 Å². The van der Waals surface area contributed by atoms with Crippen molar-refractivity contribution in [2.24, 2.45) is 0 Å². The van der Waals surface area contributed by atoms with Crippen molar-refractivity contribution in [3.05, 3.63) is 63.9 Å². The molecule has 0 bridgehead atoms.